The second kappa shape index (κ2) is 4.07. The topological polar surface area (TPSA) is 80.2 Å². The van der Waals surface area contributed by atoms with Gasteiger partial charge in [0.05, 0.1) is 27.9 Å². The van der Waals surface area contributed by atoms with Crippen molar-refractivity contribution in [2.75, 3.05) is 11.5 Å². The van der Waals surface area contributed by atoms with E-state index in [4.69, 9.17) is 0 Å². The Balaban J connectivity index is 2.08. The van der Waals surface area contributed by atoms with Crippen LogP contribution in [0, 0.1) is 0 Å². The first kappa shape index (κ1) is 10.8. The van der Waals surface area contributed by atoms with Gasteiger partial charge in [0.25, 0.3) is 0 Å². The Bertz CT molecular complexity index is 434. The molecule has 0 bridgehead atoms. The Kier molecular flexibility index (Phi) is 2.94. The lowest BCUT2D eigenvalue weighted by Crippen LogP contribution is -2.19. The van der Waals surface area contributed by atoms with Crippen LogP contribution in [0.25, 0.3) is 0 Å². The van der Waals surface area contributed by atoms with E-state index in [0.29, 0.717) is 5.03 Å². The number of aliphatic hydroxyl groups is 1. The zero-order valence-electron chi connectivity index (χ0n) is 7.78. The number of sulfone groups is 1. The lowest BCUT2D eigenvalue weighted by molar-refractivity contribution is 0.207. The van der Waals surface area contributed by atoms with Crippen molar-refractivity contribution < 1.29 is 13.5 Å². The van der Waals surface area contributed by atoms with E-state index in [9.17, 15) is 13.5 Å². The minimum absolute atomic E-state index is 0.0167. The van der Waals surface area contributed by atoms with Crippen molar-refractivity contribution in [1.29, 1.82) is 0 Å². The van der Waals surface area contributed by atoms with E-state index >= 15 is 0 Å². The van der Waals surface area contributed by atoms with Gasteiger partial charge in [0.2, 0.25) is 0 Å². The van der Waals surface area contributed by atoms with Gasteiger partial charge in [-0.05, 0) is 6.07 Å². The van der Waals surface area contributed by atoms with Crippen molar-refractivity contribution in [1.82, 2.24) is 9.97 Å². The van der Waals surface area contributed by atoms with Gasteiger partial charge in [0.15, 0.2) is 9.84 Å². The summed E-state index contributed by atoms with van der Waals surface area (Å²) in [6.07, 6.45) is 2.19. The van der Waals surface area contributed by atoms with E-state index in [2.05, 4.69) is 9.97 Å². The molecule has 1 aliphatic heterocycles. The molecule has 1 aromatic rings. The van der Waals surface area contributed by atoms with Crippen molar-refractivity contribution in [3.05, 3.63) is 18.6 Å². The van der Waals surface area contributed by atoms with Crippen molar-refractivity contribution in [2.24, 2.45) is 0 Å². The van der Waals surface area contributed by atoms with Gasteiger partial charge < -0.3 is 5.11 Å². The quantitative estimate of drug-likeness (QED) is 0.723. The first-order valence-corrected chi connectivity index (χ1v) is 7.08. The van der Waals surface area contributed by atoms with E-state index in [-0.39, 0.29) is 16.8 Å². The summed E-state index contributed by atoms with van der Waals surface area (Å²) in [5.41, 5.74) is 0. The van der Waals surface area contributed by atoms with Crippen LogP contribution in [0.3, 0.4) is 0 Å². The molecule has 1 aromatic heterocycles. The first-order valence-electron chi connectivity index (χ1n) is 4.38. The largest absolute Gasteiger partial charge is 0.391 e. The van der Waals surface area contributed by atoms with Crippen LogP contribution in [0.2, 0.25) is 0 Å². The highest BCUT2D eigenvalue weighted by Gasteiger charge is 2.37. The zero-order chi connectivity index (χ0) is 10.9. The van der Waals surface area contributed by atoms with Gasteiger partial charge in [-0.2, -0.15) is 0 Å². The molecule has 2 unspecified atom stereocenters. The molecule has 2 rings (SSSR count). The summed E-state index contributed by atoms with van der Waals surface area (Å²) < 4.78 is 22.5. The highest BCUT2D eigenvalue weighted by atomic mass is 32.2. The molecule has 0 aromatic carbocycles. The van der Waals surface area contributed by atoms with Crippen molar-refractivity contribution in [2.45, 2.75) is 16.4 Å². The van der Waals surface area contributed by atoms with Crippen LogP contribution in [0.15, 0.2) is 23.6 Å². The summed E-state index contributed by atoms with van der Waals surface area (Å²) >= 11 is 1.28. The zero-order valence-corrected chi connectivity index (χ0v) is 9.41. The lowest BCUT2D eigenvalue weighted by Gasteiger charge is -2.10. The first-order chi connectivity index (χ1) is 7.07. The second-order valence-corrected chi connectivity index (χ2v) is 6.76. The summed E-state index contributed by atoms with van der Waals surface area (Å²) in [5, 5.41) is 9.91. The van der Waals surface area contributed by atoms with Crippen LogP contribution in [0.1, 0.15) is 0 Å². The molecular weight excluding hydrogens is 236 g/mol. The minimum Gasteiger partial charge on any atom is -0.391 e. The van der Waals surface area contributed by atoms with Crippen LogP contribution in [-0.2, 0) is 9.84 Å². The molecule has 1 N–H and O–H groups in total. The average Bonchev–Trinajstić information content (AvgIpc) is 2.41. The molecule has 0 radical (unpaired) electrons. The summed E-state index contributed by atoms with van der Waals surface area (Å²) in [6, 6.07) is 1.70. The van der Waals surface area contributed by atoms with E-state index in [1.165, 1.54) is 18.1 Å². The molecule has 1 saturated heterocycles. The Morgan fingerprint density at radius 1 is 1.47 bits per heavy atom. The maximum Gasteiger partial charge on any atom is 0.154 e. The van der Waals surface area contributed by atoms with Gasteiger partial charge in [-0.25, -0.2) is 18.4 Å². The molecule has 82 valence electrons. The maximum absolute atomic E-state index is 11.2. The van der Waals surface area contributed by atoms with Gasteiger partial charge >= 0.3 is 0 Å². The van der Waals surface area contributed by atoms with Gasteiger partial charge in [-0.3, -0.25) is 0 Å². The monoisotopic (exact) mass is 246 g/mol. The average molecular weight is 246 g/mol. The minimum atomic E-state index is -3.08. The van der Waals surface area contributed by atoms with Crippen molar-refractivity contribution >= 4 is 21.6 Å². The number of rotatable bonds is 2. The SMILES string of the molecule is O=S1(=O)CC(O)C(Sc2ccncn2)C1. The summed E-state index contributed by atoms with van der Waals surface area (Å²) in [4.78, 5) is 7.73. The second-order valence-electron chi connectivity index (χ2n) is 3.35. The van der Waals surface area contributed by atoms with Gasteiger partial charge in [-0.1, -0.05) is 11.8 Å². The third kappa shape index (κ3) is 2.67. The molecule has 0 spiro atoms. The molecule has 15 heavy (non-hydrogen) atoms. The molecule has 0 aliphatic carbocycles. The molecule has 2 heterocycles. The van der Waals surface area contributed by atoms with Crippen molar-refractivity contribution in [3.63, 3.8) is 0 Å². The van der Waals surface area contributed by atoms with Crippen LogP contribution >= 0.6 is 11.8 Å². The van der Waals surface area contributed by atoms with Crippen LogP contribution in [0.4, 0.5) is 0 Å². The fourth-order valence-electron chi connectivity index (χ4n) is 1.41. The Morgan fingerprint density at radius 3 is 2.80 bits per heavy atom. The highest BCUT2D eigenvalue weighted by Crippen LogP contribution is 2.29. The van der Waals surface area contributed by atoms with Crippen LogP contribution in [-0.4, -0.2) is 46.4 Å². The summed E-state index contributed by atoms with van der Waals surface area (Å²) in [6.45, 7) is 0. The normalized spacial score (nSPS) is 29.1. The van der Waals surface area contributed by atoms with E-state index in [1.807, 2.05) is 0 Å². The standard InChI is InChI=1S/C8H10N2O3S2/c11-6-3-15(12,13)4-7(6)14-8-1-2-9-5-10-8/h1-2,5-7,11H,3-4H2. The van der Waals surface area contributed by atoms with Crippen LogP contribution in [0.5, 0.6) is 0 Å². The van der Waals surface area contributed by atoms with E-state index < -0.39 is 15.9 Å². The lowest BCUT2D eigenvalue weighted by atomic mass is 10.3. The molecule has 0 saturated carbocycles. The molecule has 7 heteroatoms. The Hall–Kier alpha value is -0.660. The summed E-state index contributed by atoms with van der Waals surface area (Å²) in [5.74, 6) is -0.126. The van der Waals surface area contributed by atoms with Crippen molar-refractivity contribution in [3.8, 4) is 0 Å². The highest BCUT2D eigenvalue weighted by molar-refractivity contribution is 8.01. The fourth-order valence-corrected chi connectivity index (χ4v) is 4.85. The Labute approximate surface area is 91.9 Å². The molecule has 2 atom stereocenters. The molecule has 1 aliphatic rings. The molecular formula is C8H10N2O3S2. The number of aromatic nitrogens is 2. The fraction of sp³-hybridized carbons (Fsp3) is 0.500. The van der Waals surface area contributed by atoms with Gasteiger partial charge in [0.1, 0.15) is 6.33 Å². The van der Waals surface area contributed by atoms with Crippen LogP contribution < -0.4 is 0 Å². The number of nitrogens with zero attached hydrogens (tertiary/aromatic N) is 2. The summed E-state index contributed by atoms with van der Waals surface area (Å²) in [7, 11) is -3.08. The van der Waals surface area contributed by atoms with E-state index in [0.717, 1.165) is 0 Å². The smallest absolute Gasteiger partial charge is 0.154 e. The predicted molar refractivity (Wildman–Crippen MR) is 56.3 cm³/mol. The Morgan fingerprint density at radius 2 is 2.27 bits per heavy atom. The number of hydrogen-bond donors (Lipinski definition) is 1. The predicted octanol–water partition coefficient (Wildman–Crippen LogP) is -0.273. The number of hydrogen-bond acceptors (Lipinski definition) is 6. The number of aliphatic hydroxyl groups excluding tert-OH is 1. The third-order valence-electron chi connectivity index (χ3n) is 2.10. The molecule has 1 fully saturated rings. The number of thioether (sulfide) groups is 1. The van der Waals surface area contributed by atoms with E-state index in [1.54, 1.807) is 12.3 Å². The third-order valence-corrected chi connectivity index (χ3v) is 5.29. The van der Waals surface area contributed by atoms with Gasteiger partial charge in [0, 0.05) is 6.20 Å². The van der Waals surface area contributed by atoms with Gasteiger partial charge in [-0.15, -0.1) is 0 Å². The molecule has 0 amide bonds. The maximum atomic E-state index is 11.2. The molecule has 5 nitrogen and oxygen atoms in total.